The van der Waals surface area contributed by atoms with Crippen molar-refractivity contribution in [1.82, 2.24) is 9.80 Å². The van der Waals surface area contributed by atoms with E-state index < -0.39 is 0 Å². The minimum absolute atomic E-state index is 0.0527. The molecule has 0 aromatic carbocycles. The Morgan fingerprint density at radius 1 is 0.741 bits per heavy atom. The molecule has 27 heavy (non-hydrogen) atoms. The van der Waals surface area contributed by atoms with E-state index in [1.807, 2.05) is 0 Å². The van der Waals surface area contributed by atoms with Crippen molar-refractivity contribution in [3.05, 3.63) is 0 Å². The number of ether oxygens (including phenoxy) is 2. The third-order valence-electron chi connectivity index (χ3n) is 5.44. The molecule has 2 unspecified atom stereocenters. The Morgan fingerprint density at radius 2 is 1.30 bits per heavy atom. The lowest BCUT2D eigenvalue weighted by molar-refractivity contribution is -0.141. The first-order valence-electron chi connectivity index (χ1n) is 11.3. The van der Waals surface area contributed by atoms with E-state index in [1.165, 1.54) is 70.8 Å². The van der Waals surface area contributed by atoms with Crippen LogP contribution in [-0.2, 0) is 9.47 Å². The third kappa shape index (κ3) is 15.4. The Labute approximate surface area is 171 Å². The second kappa shape index (κ2) is 17.9. The van der Waals surface area contributed by atoms with Gasteiger partial charge >= 0.3 is 0 Å². The molecule has 0 bridgehead atoms. The van der Waals surface area contributed by atoms with Gasteiger partial charge in [0.05, 0.1) is 0 Å². The van der Waals surface area contributed by atoms with Crippen LogP contribution in [0.3, 0.4) is 0 Å². The maximum Gasteiger partial charge on any atom is 0.159 e. The molecule has 0 aromatic rings. The lowest BCUT2D eigenvalue weighted by Gasteiger charge is -2.27. The van der Waals surface area contributed by atoms with E-state index in [2.05, 4.69) is 44.8 Å². The summed E-state index contributed by atoms with van der Waals surface area (Å²) >= 11 is 0. The van der Waals surface area contributed by atoms with Crippen molar-refractivity contribution in [3.63, 3.8) is 0 Å². The topological polar surface area (TPSA) is 24.9 Å². The van der Waals surface area contributed by atoms with Crippen molar-refractivity contribution in [2.75, 3.05) is 55.0 Å². The second-order valence-corrected chi connectivity index (χ2v) is 8.78. The van der Waals surface area contributed by atoms with E-state index in [9.17, 15) is 0 Å². The van der Waals surface area contributed by atoms with Gasteiger partial charge in [0.15, 0.2) is 6.29 Å². The maximum absolute atomic E-state index is 5.60. The van der Waals surface area contributed by atoms with Crippen molar-refractivity contribution in [2.45, 2.75) is 84.3 Å². The van der Waals surface area contributed by atoms with E-state index in [0.29, 0.717) is 11.8 Å². The van der Waals surface area contributed by atoms with Crippen LogP contribution in [0, 0.1) is 11.8 Å². The Hall–Kier alpha value is -0.160. The molecule has 0 amide bonds. The summed E-state index contributed by atoms with van der Waals surface area (Å²) in [6.07, 6.45) is 13.1. The fourth-order valence-corrected chi connectivity index (χ4v) is 4.19. The average molecular weight is 387 g/mol. The zero-order chi connectivity index (χ0) is 20.5. The highest BCUT2D eigenvalue weighted by Crippen LogP contribution is 2.23. The molecule has 164 valence electrons. The normalized spacial score (nSPS) is 14.4. The minimum atomic E-state index is -0.0527. The Balaban J connectivity index is 4.11. The minimum Gasteiger partial charge on any atom is -0.356 e. The first-order valence-corrected chi connectivity index (χ1v) is 11.3. The van der Waals surface area contributed by atoms with Gasteiger partial charge in [0.25, 0.3) is 0 Å². The number of rotatable bonds is 19. The van der Waals surface area contributed by atoms with Crippen LogP contribution in [0.2, 0.25) is 0 Å². The first-order chi connectivity index (χ1) is 12.9. The third-order valence-corrected chi connectivity index (χ3v) is 5.44. The van der Waals surface area contributed by atoms with E-state index in [0.717, 1.165) is 13.1 Å². The molecule has 0 radical (unpaired) electrons. The highest BCUT2D eigenvalue weighted by Gasteiger charge is 2.20. The average Bonchev–Trinajstić information content (AvgIpc) is 2.60. The fourth-order valence-electron chi connectivity index (χ4n) is 4.19. The molecular weight excluding hydrogens is 336 g/mol. The second-order valence-electron chi connectivity index (χ2n) is 8.78. The Morgan fingerprint density at radius 3 is 1.85 bits per heavy atom. The van der Waals surface area contributed by atoms with Gasteiger partial charge in [-0.1, -0.05) is 58.8 Å². The lowest BCUT2D eigenvalue weighted by Crippen LogP contribution is -2.32. The van der Waals surface area contributed by atoms with Crippen LogP contribution in [0.5, 0.6) is 0 Å². The molecule has 0 aromatic heterocycles. The molecule has 0 rings (SSSR count). The highest BCUT2D eigenvalue weighted by molar-refractivity contribution is 4.67. The number of nitrogens with zero attached hydrogens (tertiary/aromatic N) is 2. The van der Waals surface area contributed by atoms with Crippen LogP contribution < -0.4 is 0 Å². The Kier molecular flexibility index (Phi) is 17.8. The largest absolute Gasteiger partial charge is 0.356 e. The van der Waals surface area contributed by atoms with Crippen molar-refractivity contribution in [3.8, 4) is 0 Å². The van der Waals surface area contributed by atoms with Gasteiger partial charge in [-0.05, 0) is 52.9 Å². The van der Waals surface area contributed by atoms with Gasteiger partial charge in [-0.2, -0.15) is 0 Å². The summed E-state index contributed by atoms with van der Waals surface area (Å²) in [5, 5.41) is 0. The smallest absolute Gasteiger partial charge is 0.159 e. The summed E-state index contributed by atoms with van der Waals surface area (Å²) in [6, 6.07) is 0. The molecule has 0 spiro atoms. The van der Waals surface area contributed by atoms with Gasteiger partial charge < -0.3 is 19.3 Å². The van der Waals surface area contributed by atoms with Gasteiger partial charge in [-0.3, -0.25) is 0 Å². The van der Waals surface area contributed by atoms with Crippen molar-refractivity contribution in [1.29, 1.82) is 0 Å². The summed E-state index contributed by atoms with van der Waals surface area (Å²) in [5.41, 5.74) is 0. The molecule has 0 aliphatic carbocycles. The summed E-state index contributed by atoms with van der Waals surface area (Å²) in [5.74, 6) is 1.22. The van der Waals surface area contributed by atoms with E-state index in [-0.39, 0.29) is 6.29 Å². The molecule has 0 heterocycles. The summed E-state index contributed by atoms with van der Waals surface area (Å²) in [7, 11) is 10.1. The molecule has 0 saturated heterocycles. The van der Waals surface area contributed by atoms with Crippen molar-refractivity contribution < 1.29 is 9.47 Å². The maximum atomic E-state index is 5.60. The molecular formula is C23H50N2O2. The predicted octanol–water partition coefficient (Wildman–Crippen LogP) is 5.27. The molecule has 0 aliphatic heterocycles. The molecule has 4 heteroatoms. The number of hydrogen-bond acceptors (Lipinski definition) is 4. The number of unbranched alkanes of at least 4 members (excludes halogenated alkanes) is 6. The van der Waals surface area contributed by atoms with Gasteiger partial charge in [0.2, 0.25) is 0 Å². The molecule has 0 aliphatic rings. The molecule has 0 N–H and O–H groups in total. The number of hydrogen-bond donors (Lipinski definition) is 0. The van der Waals surface area contributed by atoms with Gasteiger partial charge in [0, 0.05) is 33.2 Å². The van der Waals surface area contributed by atoms with E-state index in [4.69, 9.17) is 9.47 Å². The van der Waals surface area contributed by atoms with Crippen LogP contribution >= 0.6 is 0 Å². The highest BCUT2D eigenvalue weighted by atomic mass is 16.7. The number of methoxy groups -OCH3 is 2. The molecule has 2 atom stereocenters. The first kappa shape index (κ1) is 26.8. The van der Waals surface area contributed by atoms with Crippen LogP contribution in [0.15, 0.2) is 0 Å². The van der Waals surface area contributed by atoms with Crippen LogP contribution in [0.4, 0.5) is 0 Å². The molecule has 4 nitrogen and oxygen atoms in total. The summed E-state index contributed by atoms with van der Waals surface area (Å²) in [6.45, 7) is 8.09. The molecule has 0 saturated carbocycles. The predicted molar refractivity (Wildman–Crippen MR) is 118 cm³/mol. The van der Waals surface area contributed by atoms with Crippen LogP contribution in [0.25, 0.3) is 0 Å². The lowest BCUT2D eigenvalue weighted by atomic mass is 9.94. The zero-order valence-electron chi connectivity index (χ0n) is 19.6. The molecule has 0 fully saturated rings. The monoisotopic (exact) mass is 386 g/mol. The van der Waals surface area contributed by atoms with E-state index >= 15 is 0 Å². The Bertz CT molecular complexity index is 309. The van der Waals surface area contributed by atoms with Gasteiger partial charge in [0.1, 0.15) is 0 Å². The summed E-state index contributed by atoms with van der Waals surface area (Å²) < 4.78 is 11.2. The van der Waals surface area contributed by atoms with E-state index in [1.54, 1.807) is 14.2 Å². The van der Waals surface area contributed by atoms with Crippen molar-refractivity contribution >= 4 is 0 Å². The standard InChI is InChI=1S/C23H50N2O2/c1-8-9-10-11-12-13-14-16-22(23(26-6)27-7)17-15-18-25(5)20-21(2)19-24(3)4/h21-23H,8-20H2,1-7H3. The van der Waals surface area contributed by atoms with Gasteiger partial charge in [-0.15, -0.1) is 0 Å². The fraction of sp³-hybridized carbons (Fsp3) is 1.00. The zero-order valence-corrected chi connectivity index (χ0v) is 19.6. The SMILES string of the molecule is CCCCCCCCCC(CCCN(C)CC(C)CN(C)C)C(OC)OC. The van der Waals surface area contributed by atoms with Crippen LogP contribution in [-0.4, -0.2) is 71.1 Å². The summed E-state index contributed by atoms with van der Waals surface area (Å²) in [4.78, 5) is 4.76. The quantitative estimate of drug-likeness (QED) is 0.223. The van der Waals surface area contributed by atoms with Crippen molar-refractivity contribution in [2.24, 2.45) is 11.8 Å². The van der Waals surface area contributed by atoms with Gasteiger partial charge in [-0.25, -0.2) is 0 Å². The van der Waals surface area contributed by atoms with Crippen LogP contribution in [0.1, 0.15) is 78.1 Å².